The second-order valence-electron chi connectivity index (χ2n) is 5.68. The molecule has 0 bridgehead atoms. The van der Waals surface area contributed by atoms with Gasteiger partial charge in [0, 0.05) is 12.7 Å². The predicted molar refractivity (Wildman–Crippen MR) is 80.5 cm³/mol. The van der Waals surface area contributed by atoms with Crippen molar-refractivity contribution in [2.45, 2.75) is 45.1 Å². The van der Waals surface area contributed by atoms with Crippen molar-refractivity contribution in [2.24, 2.45) is 0 Å². The Morgan fingerprint density at radius 1 is 1.43 bits per heavy atom. The number of nitrogens with zero attached hydrogens (tertiary/aromatic N) is 2. The maximum Gasteiger partial charge on any atom is 0.410 e. The highest BCUT2D eigenvalue weighted by Crippen LogP contribution is 2.41. The molecule has 2 rings (SSSR count). The summed E-state index contributed by atoms with van der Waals surface area (Å²) in [7, 11) is 1.79. The first-order chi connectivity index (χ1) is 10.1. The highest BCUT2D eigenvalue weighted by atomic mass is 16.6. The number of hydrogen-bond donors (Lipinski definition) is 0. The smallest absolute Gasteiger partial charge is 0.410 e. The fourth-order valence-electron chi connectivity index (χ4n) is 2.07. The van der Waals surface area contributed by atoms with Crippen LogP contribution in [0.1, 0.15) is 38.3 Å². The van der Waals surface area contributed by atoms with Crippen molar-refractivity contribution in [3.05, 3.63) is 24.0 Å². The Labute approximate surface area is 126 Å². The van der Waals surface area contributed by atoms with Crippen LogP contribution >= 0.6 is 0 Å². The van der Waals surface area contributed by atoms with Gasteiger partial charge in [-0.15, -0.1) is 0 Å². The maximum absolute atomic E-state index is 12.0. The molecule has 0 saturated heterocycles. The predicted octanol–water partition coefficient (Wildman–Crippen LogP) is 3.17. The van der Waals surface area contributed by atoms with Crippen molar-refractivity contribution >= 4 is 6.09 Å². The van der Waals surface area contributed by atoms with Crippen LogP contribution in [0.2, 0.25) is 0 Å². The van der Waals surface area contributed by atoms with Gasteiger partial charge < -0.3 is 14.4 Å². The van der Waals surface area contributed by atoms with Crippen LogP contribution in [0.15, 0.2) is 18.3 Å². The monoisotopic (exact) mass is 292 g/mol. The van der Waals surface area contributed by atoms with Crippen LogP contribution in [0.25, 0.3) is 0 Å². The average molecular weight is 292 g/mol. The van der Waals surface area contributed by atoms with Crippen LogP contribution < -0.4 is 4.74 Å². The summed E-state index contributed by atoms with van der Waals surface area (Å²) in [5.74, 6) is 0.736. The lowest BCUT2D eigenvalue weighted by Gasteiger charge is -2.27. The van der Waals surface area contributed by atoms with Crippen LogP contribution in [0, 0.1) is 6.92 Å². The van der Waals surface area contributed by atoms with Crippen LogP contribution in [0.3, 0.4) is 0 Å². The second kappa shape index (κ2) is 6.78. The quantitative estimate of drug-likeness (QED) is 0.724. The van der Waals surface area contributed by atoms with Crippen molar-refractivity contribution in [1.82, 2.24) is 9.88 Å². The van der Waals surface area contributed by atoms with E-state index in [9.17, 15) is 4.79 Å². The van der Waals surface area contributed by atoms with E-state index in [1.165, 1.54) is 0 Å². The summed E-state index contributed by atoms with van der Waals surface area (Å²) in [5.41, 5.74) is 0.744. The summed E-state index contributed by atoms with van der Waals surface area (Å²) >= 11 is 0. The Morgan fingerprint density at radius 2 is 2.19 bits per heavy atom. The summed E-state index contributed by atoms with van der Waals surface area (Å²) < 4.78 is 11.0. The number of ether oxygens (including phenoxy) is 2. The largest absolute Gasteiger partial charge is 0.490 e. The summed E-state index contributed by atoms with van der Waals surface area (Å²) in [6, 6.07) is 3.82. The summed E-state index contributed by atoms with van der Waals surface area (Å²) in [5, 5.41) is 0. The Kier molecular flexibility index (Phi) is 5.04. The third kappa shape index (κ3) is 4.09. The molecule has 1 fully saturated rings. The number of carbonyl (C=O) groups excluding carboxylic acids is 1. The van der Waals surface area contributed by atoms with Gasteiger partial charge in [-0.3, -0.25) is 4.98 Å². The van der Waals surface area contributed by atoms with Gasteiger partial charge in [0.2, 0.25) is 0 Å². The van der Waals surface area contributed by atoms with Crippen LogP contribution in [-0.4, -0.2) is 41.8 Å². The van der Waals surface area contributed by atoms with Crippen molar-refractivity contribution in [3.8, 4) is 5.75 Å². The maximum atomic E-state index is 12.0. The molecule has 1 aliphatic carbocycles. The zero-order valence-corrected chi connectivity index (χ0v) is 13.1. The zero-order valence-electron chi connectivity index (χ0n) is 13.1. The van der Waals surface area contributed by atoms with Gasteiger partial charge in [-0.1, -0.05) is 13.3 Å². The topological polar surface area (TPSA) is 51.7 Å². The highest BCUT2D eigenvalue weighted by Gasteiger charge is 2.50. The molecule has 0 unspecified atom stereocenters. The number of carbonyl (C=O) groups is 1. The minimum atomic E-state index is -0.258. The summed E-state index contributed by atoms with van der Waals surface area (Å²) in [6.45, 7) is 4.98. The number of unbranched alkanes of at least 4 members (excludes halogenated alkanes) is 1. The standard InChI is InChI=1S/C16H24N2O3/c1-4-5-10-20-15(19)18(3)16(8-9-16)12-21-14-7-6-13(2)17-11-14/h6-7,11H,4-5,8-10,12H2,1-3H3. The van der Waals surface area contributed by atoms with Crippen molar-refractivity contribution in [1.29, 1.82) is 0 Å². The first-order valence-electron chi connectivity index (χ1n) is 7.53. The molecule has 0 spiro atoms. The van der Waals surface area contributed by atoms with E-state index in [0.29, 0.717) is 13.2 Å². The van der Waals surface area contributed by atoms with E-state index < -0.39 is 0 Å². The molecule has 1 aromatic heterocycles. The summed E-state index contributed by atoms with van der Waals surface area (Å²) in [4.78, 5) is 17.9. The van der Waals surface area contributed by atoms with Gasteiger partial charge >= 0.3 is 6.09 Å². The van der Waals surface area contributed by atoms with Crippen LogP contribution in [-0.2, 0) is 4.74 Å². The van der Waals surface area contributed by atoms with E-state index in [0.717, 1.165) is 37.1 Å². The lowest BCUT2D eigenvalue weighted by atomic mass is 10.2. The molecule has 0 aromatic carbocycles. The fraction of sp³-hybridized carbons (Fsp3) is 0.625. The molecule has 0 aliphatic heterocycles. The van der Waals surface area contributed by atoms with Crippen molar-refractivity contribution in [2.75, 3.05) is 20.3 Å². The number of pyridine rings is 1. The Hall–Kier alpha value is -1.78. The lowest BCUT2D eigenvalue weighted by Crippen LogP contribution is -2.43. The first kappa shape index (κ1) is 15.6. The Bertz CT molecular complexity index is 469. The van der Waals surface area contributed by atoms with E-state index in [2.05, 4.69) is 11.9 Å². The van der Waals surface area contributed by atoms with E-state index in [-0.39, 0.29) is 11.6 Å². The fourth-order valence-corrected chi connectivity index (χ4v) is 2.07. The number of aromatic nitrogens is 1. The first-order valence-corrected chi connectivity index (χ1v) is 7.53. The Balaban J connectivity index is 1.84. The van der Waals surface area contributed by atoms with Crippen molar-refractivity contribution < 1.29 is 14.3 Å². The molecule has 116 valence electrons. The molecule has 1 saturated carbocycles. The minimum absolute atomic E-state index is 0.214. The van der Waals surface area contributed by atoms with Gasteiger partial charge in [0.15, 0.2) is 0 Å². The van der Waals surface area contributed by atoms with E-state index in [4.69, 9.17) is 9.47 Å². The lowest BCUT2D eigenvalue weighted by molar-refractivity contribution is 0.0766. The molecule has 1 aromatic rings. The molecule has 21 heavy (non-hydrogen) atoms. The SMILES string of the molecule is CCCCOC(=O)N(C)C1(COc2ccc(C)nc2)CC1. The van der Waals surface area contributed by atoms with E-state index in [1.807, 2.05) is 19.1 Å². The number of likely N-dealkylation sites (N-methyl/N-ethyl adjacent to an activating group) is 1. The number of rotatable bonds is 7. The normalized spacial score (nSPS) is 15.4. The molecular weight excluding hydrogens is 268 g/mol. The Morgan fingerprint density at radius 3 is 2.76 bits per heavy atom. The molecule has 0 N–H and O–H groups in total. The second-order valence-corrected chi connectivity index (χ2v) is 5.68. The minimum Gasteiger partial charge on any atom is -0.490 e. The third-order valence-electron chi connectivity index (χ3n) is 3.93. The van der Waals surface area contributed by atoms with Gasteiger partial charge in [-0.2, -0.15) is 0 Å². The highest BCUT2D eigenvalue weighted by molar-refractivity contribution is 5.69. The van der Waals surface area contributed by atoms with Gasteiger partial charge in [0.05, 0.1) is 18.3 Å². The molecule has 5 nitrogen and oxygen atoms in total. The average Bonchev–Trinajstić information content (AvgIpc) is 3.27. The van der Waals surface area contributed by atoms with Crippen LogP contribution in [0.4, 0.5) is 4.79 Å². The van der Waals surface area contributed by atoms with Crippen molar-refractivity contribution in [3.63, 3.8) is 0 Å². The van der Waals surface area contributed by atoms with Gasteiger partial charge in [-0.25, -0.2) is 4.79 Å². The van der Waals surface area contributed by atoms with E-state index >= 15 is 0 Å². The van der Waals surface area contributed by atoms with Gasteiger partial charge in [0.1, 0.15) is 12.4 Å². The third-order valence-corrected chi connectivity index (χ3v) is 3.93. The van der Waals surface area contributed by atoms with E-state index in [1.54, 1.807) is 18.1 Å². The molecule has 1 amide bonds. The summed E-state index contributed by atoms with van der Waals surface area (Å²) in [6.07, 6.45) is 5.28. The number of hydrogen-bond acceptors (Lipinski definition) is 4. The molecule has 0 atom stereocenters. The van der Waals surface area contributed by atoms with Gasteiger partial charge in [-0.05, 0) is 38.3 Å². The number of amides is 1. The molecule has 0 radical (unpaired) electrons. The zero-order chi connectivity index (χ0) is 15.3. The molecular formula is C16H24N2O3. The number of aryl methyl sites for hydroxylation is 1. The molecule has 1 heterocycles. The molecule has 1 aliphatic rings. The van der Waals surface area contributed by atoms with Gasteiger partial charge in [0.25, 0.3) is 0 Å². The molecule has 5 heteroatoms. The van der Waals surface area contributed by atoms with Crippen LogP contribution in [0.5, 0.6) is 5.75 Å².